The van der Waals surface area contributed by atoms with E-state index in [1.165, 1.54) is 37.3 Å². The highest BCUT2D eigenvalue weighted by atomic mass is 32.1. The van der Waals surface area contributed by atoms with Gasteiger partial charge in [0.25, 0.3) is 0 Å². The third kappa shape index (κ3) is 4.02. The molecule has 0 spiro atoms. The Bertz CT molecular complexity index is 722. The average Bonchev–Trinajstić information content (AvgIpc) is 3.39. The quantitative estimate of drug-likeness (QED) is 0.892. The second-order valence-electron chi connectivity index (χ2n) is 6.84. The first-order valence-corrected chi connectivity index (χ1v) is 10.2. The first-order valence-electron chi connectivity index (χ1n) is 9.28. The van der Waals surface area contributed by atoms with Crippen molar-refractivity contribution in [2.45, 2.75) is 38.3 Å². The number of hydrogen-bond acceptors (Lipinski definition) is 6. The molecule has 2 aliphatic rings. The lowest BCUT2D eigenvalue weighted by molar-refractivity contribution is 0.134. The first kappa shape index (κ1) is 17.4. The number of urea groups is 1. The minimum Gasteiger partial charge on any atom is -0.332 e. The summed E-state index contributed by atoms with van der Waals surface area (Å²) < 4.78 is 0. The fraction of sp³-hybridized carbons (Fsp3) is 0.556. The highest BCUT2D eigenvalue weighted by molar-refractivity contribution is 7.13. The normalized spacial score (nSPS) is 19.0. The van der Waals surface area contributed by atoms with Crippen LogP contribution in [0.25, 0.3) is 10.8 Å². The molecule has 4 rings (SSSR count). The van der Waals surface area contributed by atoms with Crippen molar-refractivity contribution in [2.75, 3.05) is 26.2 Å². The molecule has 0 unspecified atom stereocenters. The first-order chi connectivity index (χ1) is 12.8. The number of nitrogens with zero attached hydrogens (tertiary/aromatic N) is 5. The van der Waals surface area contributed by atoms with E-state index in [-0.39, 0.29) is 6.03 Å². The summed E-state index contributed by atoms with van der Waals surface area (Å²) in [5, 5.41) is 5.72. The van der Waals surface area contributed by atoms with Gasteiger partial charge >= 0.3 is 6.03 Å². The molecule has 0 radical (unpaired) electrons. The van der Waals surface area contributed by atoms with Gasteiger partial charge in [0.05, 0.1) is 12.2 Å². The van der Waals surface area contributed by atoms with Crippen molar-refractivity contribution in [3.8, 4) is 10.8 Å². The second-order valence-corrected chi connectivity index (χ2v) is 7.69. The molecule has 0 atom stereocenters. The molecule has 8 heteroatoms. The zero-order valence-corrected chi connectivity index (χ0v) is 15.6. The summed E-state index contributed by atoms with van der Waals surface area (Å²) in [5.41, 5.74) is 0.845. The number of carbonyl (C=O) groups is 1. The third-order valence-corrected chi connectivity index (χ3v) is 6.03. The molecule has 2 aromatic heterocycles. The maximum Gasteiger partial charge on any atom is 0.317 e. The topological polar surface area (TPSA) is 74.2 Å². The smallest absolute Gasteiger partial charge is 0.317 e. The van der Waals surface area contributed by atoms with E-state index in [2.05, 4.69) is 25.2 Å². The number of amides is 2. The predicted octanol–water partition coefficient (Wildman–Crippen LogP) is 2.37. The molecule has 0 saturated carbocycles. The number of piperidine rings is 1. The van der Waals surface area contributed by atoms with Crippen LogP contribution in [0.3, 0.4) is 0 Å². The van der Waals surface area contributed by atoms with Crippen LogP contribution in [0.5, 0.6) is 0 Å². The van der Waals surface area contributed by atoms with E-state index in [1.54, 1.807) is 18.5 Å². The van der Waals surface area contributed by atoms with Crippen LogP contribution >= 0.6 is 11.3 Å². The SMILES string of the molecule is O=C(NCc1csc(-c2ncccn2)n1)N1CCC(N2CCCC2)CC1. The van der Waals surface area contributed by atoms with Crippen LogP contribution in [0.2, 0.25) is 0 Å². The van der Waals surface area contributed by atoms with Crippen LogP contribution in [0.1, 0.15) is 31.4 Å². The fourth-order valence-electron chi connectivity index (χ4n) is 3.72. The minimum atomic E-state index is 0.00961. The van der Waals surface area contributed by atoms with Gasteiger partial charge in [0.1, 0.15) is 0 Å². The number of hydrogen-bond donors (Lipinski definition) is 1. The van der Waals surface area contributed by atoms with Crippen molar-refractivity contribution >= 4 is 17.4 Å². The Balaban J connectivity index is 1.25. The number of aromatic nitrogens is 3. The van der Waals surface area contributed by atoms with Crippen molar-refractivity contribution in [3.63, 3.8) is 0 Å². The Morgan fingerprint density at radius 2 is 1.88 bits per heavy atom. The number of carbonyl (C=O) groups excluding carboxylic acids is 1. The molecule has 0 aliphatic carbocycles. The molecular formula is C18H24N6OS. The Morgan fingerprint density at radius 3 is 2.62 bits per heavy atom. The predicted molar refractivity (Wildman–Crippen MR) is 101 cm³/mol. The lowest BCUT2D eigenvalue weighted by Gasteiger charge is -2.36. The van der Waals surface area contributed by atoms with Gasteiger partial charge in [0.2, 0.25) is 0 Å². The molecule has 2 amide bonds. The lowest BCUT2D eigenvalue weighted by Crippen LogP contribution is -2.48. The van der Waals surface area contributed by atoms with Crippen molar-refractivity contribution in [1.82, 2.24) is 30.1 Å². The van der Waals surface area contributed by atoms with Crippen molar-refractivity contribution < 1.29 is 4.79 Å². The highest BCUT2D eigenvalue weighted by Gasteiger charge is 2.28. The van der Waals surface area contributed by atoms with Gasteiger partial charge in [-0.05, 0) is 44.8 Å². The van der Waals surface area contributed by atoms with Crippen molar-refractivity contribution in [3.05, 3.63) is 29.5 Å². The molecule has 26 heavy (non-hydrogen) atoms. The van der Waals surface area contributed by atoms with E-state index >= 15 is 0 Å². The largest absolute Gasteiger partial charge is 0.332 e. The summed E-state index contributed by atoms with van der Waals surface area (Å²) in [6.07, 6.45) is 8.22. The fourth-order valence-corrected chi connectivity index (χ4v) is 4.48. The van der Waals surface area contributed by atoms with Gasteiger partial charge in [-0.2, -0.15) is 0 Å². The summed E-state index contributed by atoms with van der Waals surface area (Å²) in [4.78, 5) is 29.9. The number of nitrogens with one attached hydrogen (secondary N) is 1. The zero-order valence-electron chi connectivity index (χ0n) is 14.8. The Kier molecular flexibility index (Phi) is 5.40. The van der Waals surface area contributed by atoms with Gasteiger partial charge in [0, 0.05) is 36.9 Å². The van der Waals surface area contributed by atoms with Crippen LogP contribution < -0.4 is 5.32 Å². The van der Waals surface area contributed by atoms with E-state index in [1.807, 2.05) is 10.3 Å². The number of likely N-dealkylation sites (tertiary alicyclic amines) is 2. The molecule has 2 aromatic rings. The third-order valence-electron chi connectivity index (χ3n) is 5.14. The van der Waals surface area contributed by atoms with E-state index < -0.39 is 0 Å². The zero-order chi connectivity index (χ0) is 17.8. The summed E-state index contributed by atoms with van der Waals surface area (Å²) >= 11 is 1.50. The maximum absolute atomic E-state index is 12.4. The molecule has 2 aliphatic heterocycles. The monoisotopic (exact) mass is 372 g/mol. The van der Waals surface area contributed by atoms with Gasteiger partial charge in [-0.15, -0.1) is 11.3 Å². The number of rotatable bonds is 4. The standard InChI is InChI=1S/C18H24N6OS/c25-18(24-10-4-15(5-11-24)23-8-1-2-9-23)21-12-14-13-26-17(22-14)16-19-6-3-7-20-16/h3,6-7,13,15H,1-2,4-5,8-12H2,(H,21,25). The van der Waals surface area contributed by atoms with Gasteiger partial charge in [-0.3, -0.25) is 0 Å². The van der Waals surface area contributed by atoms with Crippen LogP contribution in [0.4, 0.5) is 4.79 Å². The van der Waals surface area contributed by atoms with E-state index in [0.29, 0.717) is 18.4 Å². The van der Waals surface area contributed by atoms with Crippen LogP contribution in [0.15, 0.2) is 23.8 Å². The van der Waals surface area contributed by atoms with E-state index in [4.69, 9.17) is 0 Å². The van der Waals surface area contributed by atoms with Crippen LogP contribution in [0, 0.1) is 0 Å². The van der Waals surface area contributed by atoms with Gasteiger partial charge in [-0.1, -0.05) is 0 Å². The van der Waals surface area contributed by atoms with Gasteiger partial charge < -0.3 is 15.1 Å². The van der Waals surface area contributed by atoms with Gasteiger partial charge in [-0.25, -0.2) is 19.7 Å². The molecule has 0 bridgehead atoms. The van der Waals surface area contributed by atoms with Crippen LogP contribution in [-0.2, 0) is 6.54 Å². The molecule has 2 saturated heterocycles. The summed E-state index contributed by atoms with van der Waals surface area (Å²) in [6.45, 7) is 4.58. The van der Waals surface area contributed by atoms with Gasteiger partial charge in [0.15, 0.2) is 10.8 Å². The summed E-state index contributed by atoms with van der Waals surface area (Å²) in [5.74, 6) is 0.624. The molecule has 1 N–H and O–H groups in total. The van der Waals surface area contributed by atoms with E-state index in [0.717, 1.165) is 36.6 Å². The molecule has 0 aromatic carbocycles. The second kappa shape index (κ2) is 8.09. The molecule has 7 nitrogen and oxygen atoms in total. The van der Waals surface area contributed by atoms with Crippen LogP contribution in [-0.4, -0.2) is 63.0 Å². The Morgan fingerprint density at radius 1 is 1.15 bits per heavy atom. The molecule has 4 heterocycles. The maximum atomic E-state index is 12.4. The summed E-state index contributed by atoms with van der Waals surface area (Å²) in [7, 11) is 0. The molecular weight excluding hydrogens is 348 g/mol. The minimum absolute atomic E-state index is 0.00961. The molecule has 138 valence electrons. The highest BCUT2D eigenvalue weighted by Crippen LogP contribution is 2.22. The van der Waals surface area contributed by atoms with Crippen molar-refractivity contribution in [1.29, 1.82) is 0 Å². The van der Waals surface area contributed by atoms with E-state index in [9.17, 15) is 4.79 Å². The summed E-state index contributed by atoms with van der Waals surface area (Å²) in [6, 6.07) is 2.45. The molecule has 2 fully saturated rings. The Labute approximate surface area is 157 Å². The average molecular weight is 372 g/mol. The Hall–Kier alpha value is -2.06. The lowest BCUT2D eigenvalue weighted by atomic mass is 10.0. The van der Waals surface area contributed by atoms with Crippen molar-refractivity contribution in [2.24, 2.45) is 0 Å². The number of thiazole rings is 1.